The quantitative estimate of drug-likeness (QED) is 0.755. The van der Waals surface area contributed by atoms with Gasteiger partial charge in [0.15, 0.2) is 6.61 Å². The number of ether oxygens (including phenoxy) is 1. The molecule has 7 heteroatoms. The molecule has 2 amide bonds. The van der Waals surface area contributed by atoms with Crippen LogP contribution in [0.2, 0.25) is 5.02 Å². The van der Waals surface area contributed by atoms with E-state index in [-0.39, 0.29) is 36.9 Å². The lowest BCUT2D eigenvalue weighted by Crippen LogP contribution is -2.35. The smallest absolute Gasteiger partial charge is 0.311 e. The summed E-state index contributed by atoms with van der Waals surface area (Å²) in [7, 11) is 0. The third-order valence-corrected chi connectivity index (χ3v) is 5.56. The van der Waals surface area contributed by atoms with Gasteiger partial charge in [0.05, 0.1) is 12.0 Å². The van der Waals surface area contributed by atoms with Crippen molar-refractivity contribution in [2.24, 2.45) is 5.92 Å². The summed E-state index contributed by atoms with van der Waals surface area (Å²) in [6, 6.07) is 7.23. The molecule has 1 aromatic carbocycles. The molecule has 1 heterocycles. The Hall–Kier alpha value is -2.08. The van der Waals surface area contributed by atoms with Crippen molar-refractivity contribution in [2.45, 2.75) is 51.1 Å². The first kappa shape index (κ1) is 19.7. The number of halogens is 1. The Balaban J connectivity index is 1.44. The second-order valence-electron chi connectivity index (χ2n) is 7.34. The fourth-order valence-corrected chi connectivity index (χ4v) is 4.05. The highest BCUT2D eigenvalue weighted by atomic mass is 35.5. The van der Waals surface area contributed by atoms with Crippen LogP contribution in [-0.2, 0) is 19.1 Å². The van der Waals surface area contributed by atoms with Gasteiger partial charge in [-0.25, -0.2) is 0 Å². The molecule has 27 heavy (non-hydrogen) atoms. The fraction of sp³-hybridized carbons (Fsp3) is 0.550. The molecule has 1 saturated heterocycles. The topological polar surface area (TPSA) is 75.7 Å². The lowest BCUT2D eigenvalue weighted by Gasteiger charge is -2.23. The van der Waals surface area contributed by atoms with E-state index in [0.717, 1.165) is 31.2 Å². The molecule has 0 radical (unpaired) electrons. The molecule has 2 atom stereocenters. The maximum absolute atomic E-state index is 12.3. The van der Waals surface area contributed by atoms with Gasteiger partial charge >= 0.3 is 5.97 Å². The Morgan fingerprint density at radius 1 is 1.33 bits per heavy atom. The van der Waals surface area contributed by atoms with E-state index >= 15 is 0 Å². The highest BCUT2D eigenvalue weighted by molar-refractivity contribution is 6.30. The van der Waals surface area contributed by atoms with Gasteiger partial charge in [-0.1, -0.05) is 36.6 Å². The lowest BCUT2D eigenvalue weighted by molar-refractivity contribution is -0.152. The number of esters is 1. The van der Waals surface area contributed by atoms with Crippen LogP contribution in [0.25, 0.3) is 0 Å². The highest BCUT2D eigenvalue weighted by Gasteiger charge is 2.39. The predicted molar refractivity (Wildman–Crippen MR) is 101 cm³/mol. The molecular formula is C20H25ClN2O4. The summed E-state index contributed by atoms with van der Waals surface area (Å²) in [6.45, 7) is 1.89. The molecule has 0 aromatic heterocycles. The summed E-state index contributed by atoms with van der Waals surface area (Å²) >= 11 is 5.96. The first-order valence-electron chi connectivity index (χ1n) is 9.45. The summed E-state index contributed by atoms with van der Waals surface area (Å²) in [4.78, 5) is 38.3. The minimum atomic E-state index is -0.477. The number of nitrogens with one attached hydrogen (secondary N) is 1. The molecule has 1 saturated carbocycles. The molecule has 1 aliphatic carbocycles. The van der Waals surface area contributed by atoms with Gasteiger partial charge < -0.3 is 15.0 Å². The van der Waals surface area contributed by atoms with Crippen LogP contribution in [0.4, 0.5) is 0 Å². The normalized spacial score (nSPS) is 21.3. The van der Waals surface area contributed by atoms with E-state index in [2.05, 4.69) is 5.32 Å². The number of hydrogen-bond donors (Lipinski definition) is 1. The van der Waals surface area contributed by atoms with Crippen molar-refractivity contribution in [1.29, 1.82) is 0 Å². The van der Waals surface area contributed by atoms with Gasteiger partial charge in [0.25, 0.3) is 5.91 Å². The third kappa shape index (κ3) is 5.01. The zero-order chi connectivity index (χ0) is 19.4. The van der Waals surface area contributed by atoms with E-state index in [0.29, 0.717) is 11.6 Å². The number of carbonyl (C=O) groups excluding carboxylic acids is 3. The zero-order valence-electron chi connectivity index (χ0n) is 15.4. The van der Waals surface area contributed by atoms with Crippen molar-refractivity contribution < 1.29 is 19.1 Å². The number of carbonyl (C=O) groups is 3. The van der Waals surface area contributed by atoms with Crippen molar-refractivity contribution >= 4 is 29.4 Å². The van der Waals surface area contributed by atoms with E-state index < -0.39 is 11.9 Å². The second kappa shape index (κ2) is 8.74. The minimum absolute atomic E-state index is 0.0166. The largest absolute Gasteiger partial charge is 0.455 e. The maximum Gasteiger partial charge on any atom is 0.311 e. The number of benzene rings is 1. The number of hydrogen-bond acceptors (Lipinski definition) is 4. The van der Waals surface area contributed by atoms with Crippen LogP contribution in [0.1, 0.15) is 50.6 Å². The summed E-state index contributed by atoms with van der Waals surface area (Å²) < 4.78 is 5.15. The molecule has 2 aliphatic rings. The highest BCUT2D eigenvalue weighted by Crippen LogP contribution is 2.29. The Morgan fingerprint density at radius 2 is 2.07 bits per heavy atom. The number of likely N-dealkylation sites (tertiary alicyclic amines) is 1. The van der Waals surface area contributed by atoms with Gasteiger partial charge in [-0.05, 0) is 37.5 Å². The number of nitrogens with zero attached hydrogens (tertiary/aromatic N) is 1. The number of amides is 2. The predicted octanol–water partition coefficient (Wildman–Crippen LogP) is 2.85. The van der Waals surface area contributed by atoms with E-state index in [9.17, 15) is 14.4 Å². The van der Waals surface area contributed by atoms with Gasteiger partial charge in [0, 0.05) is 24.0 Å². The summed E-state index contributed by atoms with van der Waals surface area (Å²) in [5.41, 5.74) is 0.871. The molecule has 2 fully saturated rings. The first-order chi connectivity index (χ1) is 12.9. The van der Waals surface area contributed by atoms with E-state index in [1.165, 1.54) is 0 Å². The standard InChI is InChI=1S/C20H25ClN2O4/c1-13(14-5-4-6-16(21)9-14)22-18(24)12-27-20(26)15-10-19(25)23(11-15)17-7-2-3-8-17/h4-6,9,13,15,17H,2-3,7-8,10-12H2,1H3,(H,22,24)/t13-,15+/m1/s1. The van der Waals surface area contributed by atoms with Crippen LogP contribution in [0.3, 0.4) is 0 Å². The average Bonchev–Trinajstić information content (AvgIpc) is 3.29. The van der Waals surface area contributed by atoms with Crippen LogP contribution in [0.15, 0.2) is 24.3 Å². The van der Waals surface area contributed by atoms with Crippen molar-refractivity contribution in [1.82, 2.24) is 10.2 Å². The van der Waals surface area contributed by atoms with Crippen LogP contribution in [0.5, 0.6) is 0 Å². The molecule has 146 valence electrons. The van der Waals surface area contributed by atoms with Crippen molar-refractivity contribution in [3.63, 3.8) is 0 Å². The van der Waals surface area contributed by atoms with E-state index in [1.54, 1.807) is 12.1 Å². The Kier molecular flexibility index (Phi) is 6.37. The lowest BCUT2D eigenvalue weighted by atomic mass is 10.1. The molecule has 1 aromatic rings. The molecular weight excluding hydrogens is 368 g/mol. The second-order valence-corrected chi connectivity index (χ2v) is 7.77. The van der Waals surface area contributed by atoms with Crippen LogP contribution in [-0.4, -0.2) is 41.9 Å². The monoisotopic (exact) mass is 392 g/mol. The molecule has 1 N–H and O–H groups in total. The maximum atomic E-state index is 12.3. The first-order valence-corrected chi connectivity index (χ1v) is 9.82. The van der Waals surface area contributed by atoms with Gasteiger partial charge in [0.1, 0.15) is 0 Å². The van der Waals surface area contributed by atoms with Crippen molar-refractivity contribution in [2.75, 3.05) is 13.2 Å². The molecule has 6 nitrogen and oxygen atoms in total. The molecule has 3 rings (SSSR count). The zero-order valence-corrected chi connectivity index (χ0v) is 16.2. The van der Waals surface area contributed by atoms with E-state index in [1.807, 2.05) is 24.0 Å². The number of rotatable bonds is 6. The molecule has 0 spiro atoms. The third-order valence-electron chi connectivity index (χ3n) is 5.33. The van der Waals surface area contributed by atoms with Crippen LogP contribution in [0, 0.1) is 5.92 Å². The molecule has 0 bridgehead atoms. The van der Waals surface area contributed by atoms with Crippen LogP contribution >= 0.6 is 11.6 Å². The molecule has 0 unspecified atom stereocenters. The minimum Gasteiger partial charge on any atom is -0.455 e. The van der Waals surface area contributed by atoms with Crippen molar-refractivity contribution in [3.05, 3.63) is 34.9 Å². The summed E-state index contributed by atoms with van der Waals surface area (Å²) in [5, 5.41) is 3.37. The van der Waals surface area contributed by atoms with Gasteiger partial charge in [-0.2, -0.15) is 0 Å². The van der Waals surface area contributed by atoms with Crippen LogP contribution < -0.4 is 5.32 Å². The Bertz CT molecular complexity index is 718. The Morgan fingerprint density at radius 3 is 2.78 bits per heavy atom. The van der Waals surface area contributed by atoms with E-state index in [4.69, 9.17) is 16.3 Å². The summed E-state index contributed by atoms with van der Waals surface area (Å²) in [6.07, 6.45) is 4.47. The Labute approximate surface area is 164 Å². The fourth-order valence-electron chi connectivity index (χ4n) is 3.86. The van der Waals surface area contributed by atoms with Crippen molar-refractivity contribution in [3.8, 4) is 0 Å². The van der Waals surface area contributed by atoms with Gasteiger partial charge in [0.2, 0.25) is 5.91 Å². The average molecular weight is 393 g/mol. The summed E-state index contributed by atoms with van der Waals surface area (Å²) in [5.74, 6) is -1.32. The molecule has 1 aliphatic heterocycles. The van der Waals surface area contributed by atoms with Gasteiger partial charge in [-0.3, -0.25) is 14.4 Å². The van der Waals surface area contributed by atoms with Gasteiger partial charge in [-0.15, -0.1) is 0 Å². The SMILES string of the molecule is C[C@@H](NC(=O)COC(=O)[C@H]1CC(=O)N(C2CCCC2)C1)c1cccc(Cl)c1.